The number of hydrogen-bond donors (Lipinski definition) is 0. The van der Waals surface area contributed by atoms with Gasteiger partial charge in [-0.25, -0.2) is 8.78 Å². The number of esters is 2. The molecule has 2 rings (SSSR count). The molecule has 2 atom stereocenters. The molecule has 0 radical (unpaired) electrons. The molecule has 0 aromatic carbocycles. The zero-order chi connectivity index (χ0) is 9.64. The molecule has 0 aromatic rings. The van der Waals surface area contributed by atoms with Crippen LogP contribution < -0.4 is 0 Å². The minimum absolute atomic E-state index is 0.274. The third-order valence-electron chi connectivity index (χ3n) is 2.64. The molecular formula is C8H8F2O3. The van der Waals surface area contributed by atoms with Crippen molar-refractivity contribution in [2.45, 2.75) is 25.2 Å². The Morgan fingerprint density at radius 1 is 1.31 bits per heavy atom. The maximum atomic E-state index is 13.1. The van der Waals surface area contributed by atoms with Gasteiger partial charge in [0.05, 0.1) is 5.92 Å². The summed E-state index contributed by atoms with van der Waals surface area (Å²) in [5.74, 6) is -7.33. The van der Waals surface area contributed by atoms with E-state index in [9.17, 15) is 18.4 Å². The molecule has 0 N–H and O–H groups in total. The molecule has 2 unspecified atom stereocenters. The molecule has 2 aliphatic rings. The minimum atomic E-state index is -3.06. The standard InChI is InChI=1S/C8H8F2O3/c9-8(10)3-1-2-4-5(8)7(12)13-6(4)11/h4-5H,1-3H2. The van der Waals surface area contributed by atoms with E-state index in [-0.39, 0.29) is 12.8 Å². The Hall–Kier alpha value is -1.00. The Kier molecular flexibility index (Phi) is 1.65. The normalized spacial score (nSPS) is 37.1. The predicted octanol–water partition coefficient (Wildman–Crippen LogP) is 1.12. The number of hydrogen-bond acceptors (Lipinski definition) is 3. The van der Waals surface area contributed by atoms with Gasteiger partial charge in [0.15, 0.2) is 0 Å². The van der Waals surface area contributed by atoms with Crippen molar-refractivity contribution in [1.29, 1.82) is 0 Å². The average Bonchev–Trinajstić information content (AvgIpc) is 2.27. The van der Waals surface area contributed by atoms with Gasteiger partial charge in [-0.1, -0.05) is 0 Å². The number of rotatable bonds is 0. The second-order valence-electron chi connectivity index (χ2n) is 3.48. The maximum absolute atomic E-state index is 13.1. The zero-order valence-corrected chi connectivity index (χ0v) is 6.76. The fourth-order valence-corrected chi connectivity index (χ4v) is 2.00. The van der Waals surface area contributed by atoms with E-state index in [2.05, 4.69) is 4.74 Å². The summed E-state index contributed by atoms with van der Waals surface area (Å²) in [6.45, 7) is 0. The van der Waals surface area contributed by atoms with Crippen LogP contribution in [0.5, 0.6) is 0 Å². The first-order chi connectivity index (χ1) is 6.02. The van der Waals surface area contributed by atoms with Crippen LogP contribution in [0.1, 0.15) is 19.3 Å². The number of fused-ring (bicyclic) bond motifs is 1. The third-order valence-corrected chi connectivity index (χ3v) is 2.64. The lowest BCUT2D eigenvalue weighted by atomic mass is 9.78. The van der Waals surface area contributed by atoms with E-state index in [1.54, 1.807) is 0 Å². The van der Waals surface area contributed by atoms with Crippen molar-refractivity contribution in [3.63, 3.8) is 0 Å². The summed E-state index contributed by atoms with van der Waals surface area (Å²) in [7, 11) is 0. The van der Waals surface area contributed by atoms with E-state index in [0.29, 0.717) is 6.42 Å². The minimum Gasteiger partial charge on any atom is -0.393 e. The Morgan fingerprint density at radius 2 is 2.00 bits per heavy atom. The molecule has 2 fully saturated rings. The summed E-state index contributed by atoms with van der Waals surface area (Å²) in [6, 6.07) is 0. The molecule has 0 amide bonds. The van der Waals surface area contributed by atoms with Crippen LogP contribution in [-0.4, -0.2) is 17.9 Å². The number of ether oxygens (including phenoxy) is 1. The summed E-state index contributed by atoms with van der Waals surface area (Å²) in [5, 5.41) is 0. The van der Waals surface area contributed by atoms with Gasteiger partial charge >= 0.3 is 11.9 Å². The number of alkyl halides is 2. The van der Waals surface area contributed by atoms with Crippen LogP contribution in [0.15, 0.2) is 0 Å². The lowest BCUT2D eigenvalue weighted by molar-refractivity contribution is -0.158. The van der Waals surface area contributed by atoms with Gasteiger partial charge in [0.2, 0.25) is 0 Å². The molecule has 0 aromatic heterocycles. The summed E-state index contributed by atoms with van der Waals surface area (Å²) in [6.07, 6.45) is 0.290. The molecule has 13 heavy (non-hydrogen) atoms. The van der Waals surface area contributed by atoms with Gasteiger partial charge in [-0.15, -0.1) is 0 Å². The Morgan fingerprint density at radius 3 is 2.62 bits per heavy atom. The number of halogens is 2. The van der Waals surface area contributed by atoms with Gasteiger partial charge in [-0.2, -0.15) is 0 Å². The van der Waals surface area contributed by atoms with E-state index in [0.717, 1.165) is 0 Å². The second-order valence-corrected chi connectivity index (χ2v) is 3.48. The molecule has 1 heterocycles. The molecular weight excluding hydrogens is 182 g/mol. The van der Waals surface area contributed by atoms with Crippen LogP contribution in [-0.2, 0) is 14.3 Å². The molecule has 72 valence electrons. The third kappa shape index (κ3) is 1.14. The fourth-order valence-electron chi connectivity index (χ4n) is 2.00. The predicted molar refractivity (Wildman–Crippen MR) is 36.9 cm³/mol. The Labute approximate surface area is 73.0 Å². The highest BCUT2D eigenvalue weighted by Gasteiger charge is 2.59. The number of cyclic esters (lactones) is 2. The molecule has 0 bridgehead atoms. The van der Waals surface area contributed by atoms with Crippen LogP contribution in [0.4, 0.5) is 8.78 Å². The molecule has 1 saturated heterocycles. The first-order valence-electron chi connectivity index (χ1n) is 4.16. The van der Waals surface area contributed by atoms with E-state index in [1.807, 2.05) is 0 Å². The Balaban J connectivity index is 2.32. The lowest BCUT2D eigenvalue weighted by Gasteiger charge is -2.28. The number of carbonyl (C=O) groups excluding carboxylic acids is 2. The van der Waals surface area contributed by atoms with Crippen LogP contribution in [0, 0.1) is 11.8 Å². The van der Waals surface area contributed by atoms with E-state index < -0.39 is 29.7 Å². The lowest BCUT2D eigenvalue weighted by Crippen LogP contribution is -2.40. The highest BCUT2D eigenvalue weighted by Crippen LogP contribution is 2.46. The van der Waals surface area contributed by atoms with Gasteiger partial charge < -0.3 is 4.74 Å². The van der Waals surface area contributed by atoms with Crippen LogP contribution in [0.3, 0.4) is 0 Å². The van der Waals surface area contributed by atoms with Crippen molar-refractivity contribution >= 4 is 11.9 Å². The van der Waals surface area contributed by atoms with Crippen molar-refractivity contribution in [2.75, 3.05) is 0 Å². The topological polar surface area (TPSA) is 43.4 Å². The zero-order valence-electron chi connectivity index (χ0n) is 6.76. The molecule has 5 heteroatoms. The van der Waals surface area contributed by atoms with E-state index in [4.69, 9.17) is 0 Å². The van der Waals surface area contributed by atoms with E-state index in [1.165, 1.54) is 0 Å². The van der Waals surface area contributed by atoms with Gasteiger partial charge in [0, 0.05) is 6.42 Å². The monoisotopic (exact) mass is 190 g/mol. The SMILES string of the molecule is O=C1OC(=O)C2C1CCCC2(F)F. The van der Waals surface area contributed by atoms with Crippen LogP contribution in [0.2, 0.25) is 0 Å². The van der Waals surface area contributed by atoms with Gasteiger partial charge in [-0.05, 0) is 12.8 Å². The largest absolute Gasteiger partial charge is 0.393 e. The summed E-state index contributed by atoms with van der Waals surface area (Å²) in [5.41, 5.74) is 0. The first-order valence-corrected chi connectivity index (χ1v) is 4.16. The van der Waals surface area contributed by atoms with Gasteiger partial charge in [-0.3, -0.25) is 9.59 Å². The van der Waals surface area contributed by atoms with Crippen molar-refractivity contribution in [2.24, 2.45) is 11.8 Å². The van der Waals surface area contributed by atoms with Gasteiger partial charge in [0.1, 0.15) is 5.92 Å². The van der Waals surface area contributed by atoms with Crippen molar-refractivity contribution in [3.8, 4) is 0 Å². The Bertz CT molecular complexity index is 275. The molecule has 1 aliphatic carbocycles. The van der Waals surface area contributed by atoms with E-state index >= 15 is 0 Å². The summed E-state index contributed by atoms with van der Waals surface area (Å²) >= 11 is 0. The molecule has 1 saturated carbocycles. The quantitative estimate of drug-likeness (QED) is 0.424. The molecule has 1 aliphatic heterocycles. The van der Waals surface area contributed by atoms with Gasteiger partial charge in [0.25, 0.3) is 5.92 Å². The summed E-state index contributed by atoms with van der Waals surface area (Å²) < 4.78 is 30.4. The van der Waals surface area contributed by atoms with Crippen LogP contribution in [0.25, 0.3) is 0 Å². The molecule has 3 nitrogen and oxygen atoms in total. The summed E-state index contributed by atoms with van der Waals surface area (Å²) in [4.78, 5) is 21.8. The molecule has 0 spiro atoms. The number of carbonyl (C=O) groups is 2. The van der Waals surface area contributed by atoms with Crippen molar-refractivity contribution < 1.29 is 23.1 Å². The maximum Gasteiger partial charge on any atom is 0.323 e. The van der Waals surface area contributed by atoms with Crippen molar-refractivity contribution in [3.05, 3.63) is 0 Å². The highest BCUT2D eigenvalue weighted by molar-refractivity contribution is 5.97. The van der Waals surface area contributed by atoms with Crippen molar-refractivity contribution in [1.82, 2.24) is 0 Å². The fraction of sp³-hybridized carbons (Fsp3) is 0.750. The average molecular weight is 190 g/mol. The van der Waals surface area contributed by atoms with Crippen LogP contribution >= 0.6 is 0 Å². The first kappa shape index (κ1) is 8.59. The highest BCUT2D eigenvalue weighted by atomic mass is 19.3. The smallest absolute Gasteiger partial charge is 0.323 e. The second kappa shape index (κ2) is 2.49.